The second-order valence-electron chi connectivity index (χ2n) is 7.47. The number of sulfonamides is 1. The third kappa shape index (κ3) is 7.21. The second-order valence-corrected chi connectivity index (χ2v) is 9.15. The third-order valence-electron chi connectivity index (χ3n) is 4.88. The standard InChI is InChI=1S/C24H27N3O5S/c1-2-3-6-18-10-12-20(13-11-18)27-33(30,31)22-9-4-7-19(15-22)24(29)26-17-23(28)25-16-21-8-5-14-32-21/h4-5,7-15,27H,2-3,6,16-17H2,1H3,(H,25,28)(H,26,29). The maximum absolute atomic E-state index is 12.8. The number of hydrogen-bond acceptors (Lipinski definition) is 5. The zero-order valence-electron chi connectivity index (χ0n) is 18.3. The van der Waals surface area contributed by atoms with Gasteiger partial charge in [0, 0.05) is 11.3 Å². The Kier molecular flexibility index (Phi) is 8.26. The van der Waals surface area contributed by atoms with Gasteiger partial charge in [-0.25, -0.2) is 8.42 Å². The molecule has 0 bridgehead atoms. The Morgan fingerprint density at radius 2 is 1.76 bits per heavy atom. The van der Waals surface area contributed by atoms with Gasteiger partial charge in [0.05, 0.1) is 24.2 Å². The number of hydrogen-bond donors (Lipinski definition) is 3. The van der Waals surface area contributed by atoms with Crippen LogP contribution in [0.2, 0.25) is 0 Å². The summed E-state index contributed by atoms with van der Waals surface area (Å²) in [6.45, 7) is 2.08. The molecule has 1 aromatic heterocycles. The Morgan fingerprint density at radius 3 is 2.45 bits per heavy atom. The minimum absolute atomic E-state index is 0.0486. The summed E-state index contributed by atoms with van der Waals surface area (Å²) >= 11 is 0. The van der Waals surface area contributed by atoms with Gasteiger partial charge in [0.2, 0.25) is 5.91 Å². The van der Waals surface area contributed by atoms with Crippen LogP contribution in [0.5, 0.6) is 0 Å². The zero-order chi connectivity index (χ0) is 23.7. The molecule has 0 atom stereocenters. The molecule has 174 valence electrons. The lowest BCUT2D eigenvalue weighted by Crippen LogP contribution is -2.36. The molecule has 2 aromatic carbocycles. The van der Waals surface area contributed by atoms with Crippen molar-refractivity contribution in [2.24, 2.45) is 0 Å². The summed E-state index contributed by atoms with van der Waals surface area (Å²) in [6.07, 6.45) is 4.61. The number of furan rings is 1. The summed E-state index contributed by atoms with van der Waals surface area (Å²) in [5.41, 5.74) is 1.72. The van der Waals surface area contributed by atoms with Crippen LogP contribution in [0.3, 0.4) is 0 Å². The molecule has 1 heterocycles. The van der Waals surface area contributed by atoms with Gasteiger partial charge in [-0.2, -0.15) is 0 Å². The Balaban J connectivity index is 1.58. The highest BCUT2D eigenvalue weighted by molar-refractivity contribution is 7.92. The van der Waals surface area contributed by atoms with Gasteiger partial charge < -0.3 is 15.1 Å². The van der Waals surface area contributed by atoms with Crippen LogP contribution in [0.15, 0.2) is 76.2 Å². The van der Waals surface area contributed by atoms with Gasteiger partial charge in [-0.3, -0.25) is 14.3 Å². The van der Waals surface area contributed by atoms with Crippen molar-refractivity contribution in [1.82, 2.24) is 10.6 Å². The molecule has 0 saturated carbocycles. The van der Waals surface area contributed by atoms with Crippen molar-refractivity contribution in [3.05, 3.63) is 83.8 Å². The largest absolute Gasteiger partial charge is 0.467 e. The van der Waals surface area contributed by atoms with E-state index in [9.17, 15) is 18.0 Å². The van der Waals surface area contributed by atoms with E-state index in [1.54, 1.807) is 24.3 Å². The molecule has 2 amide bonds. The Labute approximate surface area is 193 Å². The van der Waals surface area contributed by atoms with E-state index in [-0.39, 0.29) is 23.5 Å². The van der Waals surface area contributed by atoms with Crippen LogP contribution in [-0.4, -0.2) is 26.8 Å². The van der Waals surface area contributed by atoms with Crippen molar-refractivity contribution >= 4 is 27.5 Å². The summed E-state index contributed by atoms with van der Waals surface area (Å²) in [6, 6.07) is 16.3. The van der Waals surface area contributed by atoms with Gasteiger partial charge in [-0.15, -0.1) is 0 Å². The molecular formula is C24H27N3O5S. The molecule has 0 saturated heterocycles. The number of rotatable bonds is 11. The molecular weight excluding hydrogens is 442 g/mol. The van der Waals surface area contributed by atoms with Crippen molar-refractivity contribution in [2.45, 2.75) is 37.6 Å². The van der Waals surface area contributed by atoms with E-state index in [1.165, 1.54) is 30.5 Å². The monoisotopic (exact) mass is 469 g/mol. The first-order valence-electron chi connectivity index (χ1n) is 10.7. The van der Waals surface area contributed by atoms with Crippen LogP contribution < -0.4 is 15.4 Å². The molecule has 33 heavy (non-hydrogen) atoms. The van der Waals surface area contributed by atoms with Crippen molar-refractivity contribution < 1.29 is 22.4 Å². The van der Waals surface area contributed by atoms with Gasteiger partial charge in [-0.1, -0.05) is 31.5 Å². The predicted octanol–water partition coefficient (Wildman–Crippen LogP) is 3.47. The maximum atomic E-state index is 12.8. The Morgan fingerprint density at radius 1 is 0.970 bits per heavy atom. The van der Waals surface area contributed by atoms with Crippen LogP contribution in [0, 0.1) is 0 Å². The molecule has 3 N–H and O–H groups in total. The first kappa shape index (κ1) is 24.1. The van der Waals surface area contributed by atoms with E-state index in [0.29, 0.717) is 11.4 Å². The number of carbonyl (C=O) groups is 2. The van der Waals surface area contributed by atoms with E-state index in [4.69, 9.17) is 4.42 Å². The van der Waals surface area contributed by atoms with Gasteiger partial charge >= 0.3 is 0 Å². The quantitative estimate of drug-likeness (QED) is 0.397. The number of carbonyl (C=O) groups excluding carboxylic acids is 2. The number of anilines is 1. The molecule has 0 spiro atoms. The summed E-state index contributed by atoms with van der Waals surface area (Å²) in [4.78, 5) is 24.3. The topological polar surface area (TPSA) is 118 Å². The SMILES string of the molecule is CCCCc1ccc(NS(=O)(=O)c2cccc(C(=O)NCC(=O)NCc3ccco3)c2)cc1. The van der Waals surface area contributed by atoms with Crippen molar-refractivity contribution in [2.75, 3.05) is 11.3 Å². The number of unbranched alkanes of at least 4 members (excludes halogenated alkanes) is 1. The van der Waals surface area contributed by atoms with Crippen LogP contribution in [-0.2, 0) is 27.8 Å². The van der Waals surface area contributed by atoms with E-state index in [0.717, 1.165) is 24.8 Å². The molecule has 3 aromatic rings. The number of nitrogens with one attached hydrogen (secondary N) is 3. The molecule has 9 heteroatoms. The second kappa shape index (κ2) is 11.3. The lowest BCUT2D eigenvalue weighted by molar-refractivity contribution is -0.120. The number of amides is 2. The molecule has 0 radical (unpaired) electrons. The van der Waals surface area contributed by atoms with Gasteiger partial charge in [0.25, 0.3) is 15.9 Å². The molecule has 8 nitrogen and oxygen atoms in total. The Hall–Kier alpha value is -3.59. The van der Waals surface area contributed by atoms with Crippen molar-refractivity contribution in [3.8, 4) is 0 Å². The van der Waals surface area contributed by atoms with Crippen LogP contribution in [0.25, 0.3) is 0 Å². The highest BCUT2D eigenvalue weighted by Crippen LogP contribution is 2.18. The zero-order valence-corrected chi connectivity index (χ0v) is 19.2. The third-order valence-corrected chi connectivity index (χ3v) is 6.26. The summed E-state index contributed by atoms with van der Waals surface area (Å²) in [5, 5.41) is 5.10. The molecule has 3 rings (SSSR count). The van der Waals surface area contributed by atoms with Crippen LogP contribution >= 0.6 is 0 Å². The fourth-order valence-corrected chi connectivity index (χ4v) is 4.17. The molecule has 0 unspecified atom stereocenters. The minimum Gasteiger partial charge on any atom is -0.467 e. The van der Waals surface area contributed by atoms with E-state index in [2.05, 4.69) is 22.3 Å². The highest BCUT2D eigenvalue weighted by Gasteiger charge is 2.17. The fraction of sp³-hybridized carbons (Fsp3) is 0.250. The average Bonchev–Trinajstić information content (AvgIpc) is 3.34. The van der Waals surface area contributed by atoms with Crippen LogP contribution in [0.4, 0.5) is 5.69 Å². The van der Waals surface area contributed by atoms with Crippen LogP contribution in [0.1, 0.15) is 41.4 Å². The minimum atomic E-state index is -3.88. The summed E-state index contributed by atoms with van der Waals surface area (Å²) in [7, 11) is -3.88. The smallest absolute Gasteiger partial charge is 0.261 e. The normalized spacial score (nSPS) is 11.1. The first-order chi connectivity index (χ1) is 15.9. The molecule has 0 fully saturated rings. The Bertz CT molecular complexity index is 1170. The van der Waals surface area contributed by atoms with E-state index < -0.39 is 21.8 Å². The van der Waals surface area contributed by atoms with E-state index in [1.807, 2.05) is 12.1 Å². The first-order valence-corrected chi connectivity index (χ1v) is 12.1. The highest BCUT2D eigenvalue weighted by atomic mass is 32.2. The lowest BCUT2D eigenvalue weighted by Gasteiger charge is -2.11. The average molecular weight is 470 g/mol. The predicted molar refractivity (Wildman–Crippen MR) is 125 cm³/mol. The number of aryl methyl sites for hydroxylation is 1. The summed E-state index contributed by atoms with van der Waals surface area (Å²) < 4.78 is 33.2. The number of benzene rings is 2. The summed E-state index contributed by atoms with van der Waals surface area (Å²) in [5.74, 6) is -0.358. The van der Waals surface area contributed by atoms with Crippen molar-refractivity contribution in [3.63, 3.8) is 0 Å². The van der Waals surface area contributed by atoms with Gasteiger partial charge in [-0.05, 0) is 60.9 Å². The lowest BCUT2D eigenvalue weighted by atomic mass is 10.1. The molecule has 0 aliphatic carbocycles. The molecule has 0 aliphatic heterocycles. The van der Waals surface area contributed by atoms with Gasteiger partial charge in [0.15, 0.2) is 0 Å². The van der Waals surface area contributed by atoms with Gasteiger partial charge in [0.1, 0.15) is 5.76 Å². The molecule has 0 aliphatic rings. The van der Waals surface area contributed by atoms with E-state index >= 15 is 0 Å². The maximum Gasteiger partial charge on any atom is 0.261 e. The fourth-order valence-electron chi connectivity index (χ4n) is 3.06. The van der Waals surface area contributed by atoms with Crippen molar-refractivity contribution in [1.29, 1.82) is 0 Å².